The lowest BCUT2D eigenvalue weighted by Crippen LogP contribution is -2.30. The van der Waals surface area contributed by atoms with Gasteiger partial charge in [-0.05, 0) is 148 Å². The number of rotatable bonds is 70. The highest BCUT2D eigenvalue weighted by Gasteiger charge is 2.29. The molecule has 0 aliphatic rings. The summed E-state index contributed by atoms with van der Waals surface area (Å²) >= 11 is 0. The van der Waals surface area contributed by atoms with Crippen LogP contribution >= 0.6 is 15.6 Å². The third-order valence-corrected chi connectivity index (χ3v) is 17.1. The van der Waals surface area contributed by atoms with Crippen LogP contribution in [0.3, 0.4) is 0 Å². The Morgan fingerprint density at radius 1 is 0.293 bits per heavy atom. The highest BCUT2D eigenvalue weighted by atomic mass is 31.2. The Balaban J connectivity index is 4.74. The van der Waals surface area contributed by atoms with Crippen molar-refractivity contribution in [2.45, 2.75) is 296 Å². The predicted molar refractivity (Wildman–Crippen MR) is 408 cm³/mol. The second-order valence-electron chi connectivity index (χ2n) is 24.7. The van der Waals surface area contributed by atoms with E-state index in [4.69, 9.17) is 32.3 Å². The highest BCUT2D eigenvalue weighted by Crippen LogP contribution is 2.45. The average Bonchev–Trinajstić information content (AvgIpc) is 2.33. The van der Waals surface area contributed by atoms with Crippen LogP contribution in [0.15, 0.2) is 158 Å². The molecule has 0 fully saturated rings. The smallest absolute Gasteiger partial charge is 0.463 e. The second-order valence-corrected chi connectivity index (χ2v) is 27.6. The first kappa shape index (κ1) is 94.2. The number of phosphoric ester groups is 2. The summed E-state index contributed by atoms with van der Waals surface area (Å²) in [5.41, 5.74) is 0. The van der Waals surface area contributed by atoms with Gasteiger partial charge >= 0.3 is 33.6 Å². The van der Waals surface area contributed by atoms with E-state index in [2.05, 4.69) is 167 Å². The monoisotopic (exact) mass is 1420 g/mol. The van der Waals surface area contributed by atoms with E-state index in [0.717, 1.165) is 161 Å². The van der Waals surface area contributed by atoms with Gasteiger partial charge in [-0.3, -0.25) is 32.5 Å². The van der Waals surface area contributed by atoms with Crippen molar-refractivity contribution in [1.29, 1.82) is 0 Å². The van der Waals surface area contributed by atoms with E-state index in [0.29, 0.717) is 25.7 Å². The van der Waals surface area contributed by atoms with Gasteiger partial charge in [0.1, 0.15) is 25.4 Å². The number of phosphoric acid groups is 2. The lowest BCUT2D eigenvalue weighted by molar-refractivity contribution is -0.161. The molecule has 0 saturated heterocycles. The van der Waals surface area contributed by atoms with Crippen molar-refractivity contribution in [3.63, 3.8) is 0 Å². The third-order valence-electron chi connectivity index (χ3n) is 15.2. The maximum Gasteiger partial charge on any atom is 0.472 e. The van der Waals surface area contributed by atoms with Crippen molar-refractivity contribution < 1.29 is 75.8 Å². The van der Waals surface area contributed by atoms with E-state index in [1.54, 1.807) is 0 Å². The molecule has 0 spiro atoms. The van der Waals surface area contributed by atoms with Gasteiger partial charge in [-0.15, -0.1) is 0 Å². The molecule has 0 amide bonds. The van der Waals surface area contributed by atoms with E-state index in [1.165, 1.54) is 51.4 Å². The first-order valence-corrected chi connectivity index (χ1v) is 40.8. The number of hydrogen-bond donors (Lipinski definition) is 4. The Bertz CT molecular complexity index is 2430. The second kappa shape index (κ2) is 72.9. The van der Waals surface area contributed by atoms with Gasteiger partial charge < -0.3 is 34.2 Å². The van der Waals surface area contributed by atoms with Crippen LogP contribution in [-0.2, 0) is 55.8 Å². The standard InChI is InChI=1S/C81H134O16P2/c1-4-7-10-13-16-19-22-25-28-31-33-35-37-39-41-44-46-49-52-55-58-61-64-67-79(84)91-70-76(82)71-93-98(87,88)94-72-77(83)73-95-99(89,90)96-75-78(97-81(86)69-66-63-60-57-54-51-48-43-30-27-24-21-18-15-12-9-6-3)74-92-80(85)68-65-62-59-56-53-50-47-45-42-40-38-36-34-32-29-26-23-20-17-14-11-8-5-2/h9,12,16-21,25-30,33-36,39-42,48,51,57,60,76-78,82-83H,4-8,10-11,13-15,22-24,31-32,37-38,43-47,49-50,52-56,58-59,61-75H2,1-3H3,(H,87,88)(H,89,90)/b12-9-,19-16-,20-17-,21-18-,28-25-,29-26-,30-27-,35-33-,36-34-,41-39-,42-40-,51-48-,60-57-. The molecule has 0 rings (SSSR count). The lowest BCUT2D eigenvalue weighted by Gasteiger charge is -2.21. The first-order valence-electron chi connectivity index (χ1n) is 37.8. The summed E-state index contributed by atoms with van der Waals surface area (Å²) in [5, 5.41) is 20.6. The summed E-state index contributed by atoms with van der Waals surface area (Å²) in [5.74, 6) is -1.67. The molecule has 0 aliphatic heterocycles. The number of allylic oxidation sites excluding steroid dienone is 26. The van der Waals surface area contributed by atoms with Crippen LogP contribution < -0.4 is 0 Å². The summed E-state index contributed by atoms with van der Waals surface area (Å²) in [4.78, 5) is 58.6. The summed E-state index contributed by atoms with van der Waals surface area (Å²) in [6.07, 6.45) is 90.0. The number of hydrogen-bond acceptors (Lipinski definition) is 14. The molecule has 0 heterocycles. The van der Waals surface area contributed by atoms with Crippen LogP contribution in [0.5, 0.6) is 0 Å². The van der Waals surface area contributed by atoms with E-state index >= 15 is 0 Å². The summed E-state index contributed by atoms with van der Waals surface area (Å²) in [7, 11) is -9.82. The fourth-order valence-electron chi connectivity index (χ4n) is 9.45. The summed E-state index contributed by atoms with van der Waals surface area (Å²) in [6.45, 7) is 2.40. The molecule has 0 aromatic carbocycles. The Morgan fingerprint density at radius 3 is 0.879 bits per heavy atom. The Kier molecular flexibility index (Phi) is 69.4. The predicted octanol–water partition coefficient (Wildman–Crippen LogP) is 21.9. The van der Waals surface area contributed by atoms with Crippen molar-refractivity contribution in [3.8, 4) is 0 Å². The molecule has 0 aliphatic carbocycles. The van der Waals surface area contributed by atoms with Crippen molar-refractivity contribution in [2.24, 2.45) is 0 Å². The molecule has 564 valence electrons. The fourth-order valence-corrected chi connectivity index (χ4v) is 11.0. The van der Waals surface area contributed by atoms with Crippen molar-refractivity contribution in [1.82, 2.24) is 0 Å². The number of carbonyl (C=O) groups excluding carboxylic acids is 3. The van der Waals surface area contributed by atoms with Crippen LogP contribution in [0.2, 0.25) is 0 Å². The molecule has 0 aromatic heterocycles. The van der Waals surface area contributed by atoms with Gasteiger partial charge in [0.25, 0.3) is 0 Å². The van der Waals surface area contributed by atoms with Gasteiger partial charge in [0.15, 0.2) is 6.10 Å². The largest absolute Gasteiger partial charge is 0.472 e. The number of aliphatic hydroxyl groups excluding tert-OH is 2. The maximum absolute atomic E-state index is 12.9. The SMILES string of the molecule is CC/C=C\C/C=C\C/C=C\C/C=C\C/C=C\CCCC(=O)OC(COC(=O)CCCCCCCCC/C=C\C/C=C\C/C=C\C/C=C\CCCCC)COP(=O)(O)OCC(O)COP(=O)(O)OCC(O)COC(=O)CCCCCCCCC/C=C\C/C=C\C/C=C\C/C=C\CCCCC. The molecular weight excluding hydrogens is 1290 g/mol. The Hall–Kier alpha value is -4.83. The minimum Gasteiger partial charge on any atom is -0.463 e. The zero-order valence-electron chi connectivity index (χ0n) is 61.4. The molecular formula is C81H134O16P2. The Morgan fingerprint density at radius 2 is 0.545 bits per heavy atom. The zero-order valence-corrected chi connectivity index (χ0v) is 63.1. The number of esters is 3. The molecule has 0 saturated carbocycles. The van der Waals surface area contributed by atoms with Crippen molar-refractivity contribution in [2.75, 3.05) is 39.6 Å². The molecule has 0 radical (unpaired) electrons. The fraction of sp³-hybridized carbons (Fsp3) is 0.642. The van der Waals surface area contributed by atoms with Crippen LogP contribution in [0.1, 0.15) is 278 Å². The minimum absolute atomic E-state index is 0.0176. The molecule has 5 unspecified atom stereocenters. The molecule has 0 aromatic rings. The van der Waals surface area contributed by atoms with Crippen LogP contribution in [0.25, 0.3) is 0 Å². The number of unbranched alkanes of at least 4 members (excludes halogenated alkanes) is 21. The lowest BCUT2D eigenvalue weighted by atomic mass is 10.1. The number of aliphatic hydroxyl groups is 2. The van der Waals surface area contributed by atoms with Gasteiger partial charge in [-0.1, -0.05) is 269 Å². The number of carbonyl (C=O) groups is 3. The molecule has 0 bridgehead atoms. The third kappa shape index (κ3) is 74.2. The summed E-state index contributed by atoms with van der Waals surface area (Å²) in [6, 6.07) is 0. The van der Waals surface area contributed by atoms with Gasteiger partial charge in [-0.2, -0.15) is 0 Å². The average molecular weight is 1430 g/mol. The highest BCUT2D eigenvalue weighted by molar-refractivity contribution is 7.47. The maximum atomic E-state index is 12.9. The van der Waals surface area contributed by atoms with Gasteiger partial charge in [0, 0.05) is 19.3 Å². The molecule has 18 heteroatoms. The van der Waals surface area contributed by atoms with Gasteiger partial charge in [0.05, 0.1) is 26.4 Å². The minimum atomic E-state index is -4.96. The molecule has 99 heavy (non-hydrogen) atoms. The van der Waals surface area contributed by atoms with Crippen LogP contribution in [0.4, 0.5) is 0 Å². The number of ether oxygens (including phenoxy) is 3. The first-order chi connectivity index (χ1) is 48.2. The van der Waals surface area contributed by atoms with E-state index in [9.17, 15) is 43.5 Å². The van der Waals surface area contributed by atoms with Gasteiger partial charge in [-0.25, -0.2) is 9.13 Å². The molecule has 4 N–H and O–H groups in total. The van der Waals surface area contributed by atoms with E-state index in [1.807, 2.05) is 12.2 Å². The molecule has 16 nitrogen and oxygen atoms in total. The normalized spacial score (nSPS) is 14.9. The quantitative estimate of drug-likeness (QED) is 0.0146. The summed E-state index contributed by atoms with van der Waals surface area (Å²) < 4.78 is 61.0. The van der Waals surface area contributed by atoms with Crippen molar-refractivity contribution >= 4 is 33.6 Å². The van der Waals surface area contributed by atoms with Gasteiger partial charge in [0.2, 0.25) is 0 Å². The van der Waals surface area contributed by atoms with Crippen LogP contribution in [-0.4, -0.2) is 95.9 Å². The topological polar surface area (TPSA) is 231 Å². The zero-order chi connectivity index (χ0) is 72.3. The van der Waals surface area contributed by atoms with Crippen LogP contribution in [0, 0.1) is 0 Å². The van der Waals surface area contributed by atoms with E-state index in [-0.39, 0.29) is 19.3 Å². The molecule has 5 atom stereocenters. The Labute approximate surface area is 600 Å². The van der Waals surface area contributed by atoms with E-state index < -0.39 is 91.5 Å². The van der Waals surface area contributed by atoms with Crippen molar-refractivity contribution in [3.05, 3.63) is 158 Å².